The van der Waals surface area contributed by atoms with Crippen molar-refractivity contribution >= 4 is 10.8 Å². The highest BCUT2D eigenvalue weighted by atomic mass is 19.1. The predicted octanol–water partition coefficient (Wildman–Crippen LogP) is 7.21. The number of aryl methyl sites for hydroxylation is 5. The first kappa shape index (κ1) is 23.0. The molecule has 4 rings (SSSR count). The van der Waals surface area contributed by atoms with Gasteiger partial charge >= 0.3 is 0 Å². The summed E-state index contributed by atoms with van der Waals surface area (Å²) < 4.78 is 28.2. The van der Waals surface area contributed by atoms with Crippen LogP contribution in [-0.2, 0) is 32.1 Å². The molecule has 0 amide bonds. The number of rotatable bonds is 10. The van der Waals surface area contributed by atoms with Crippen molar-refractivity contribution in [1.29, 1.82) is 0 Å². The molecule has 0 bridgehead atoms. The number of aromatic nitrogens is 2. The first-order valence-electron chi connectivity index (χ1n) is 11.9. The summed E-state index contributed by atoms with van der Waals surface area (Å²) in [5.41, 5.74) is 4.04. The van der Waals surface area contributed by atoms with Crippen LogP contribution in [0.1, 0.15) is 54.3 Å². The van der Waals surface area contributed by atoms with Crippen molar-refractivity contribution in [3.8, 4) is 0 Å². The van der Waals surface area contributed by atoms with Gasteiger partial charge in [0.1, 0.15) is 17.5 Å². The number of unbranched alkanes of at least 4 members (excludes halogenated alkanes) is 2. The van der Waals surface area contributed by atoms with E-state index in [1.54, 1.807) is 12.1 Å². The lowest BCUT2D eigenvalue weighted by atomic mass is 9.98. The van der Waals surface area contributed by atoms with Gasteiger partial charge in [0.05, 0.1) is 0 Å². The Morgan fingerprint density at radius 3 is 2.15 bits per heavy atom. The standard InChI is InChI=1S/C29H30F2N2/c1-2-3-4-5-23-19-32-28(33-20-23)17-10-22-9-16-27-25(18-22)13-12-24(29(27)31)11-6-21-7-14-26(30)15-8-21/h7-9,12-16,18-20H,2-6,10-11,17H2,1H3. The van der Waals surface area contributed by atoms with E-state index in [1.165, 1.54) is 37.0 Å². The molecule has 0 aliphatic heterocycles. The summed E-state index contributed by atoms with van der Waals surface area (Å²) in [7, 11) is 0. The molecule has 0 fully saturated rings. The molecule has 170 valence electrons. The zero-order valence-electron chi connectivity index (χ0n) is 19.2. The maximum Gasteiger partial charge on any atom is 0.134 e. The summed E-state index contributed by atoms with van der Waals surface area (Å²) in [5.74, 6) is 0.428. The molecule has 0 saturated carbocycles. The topological polar surface area (TPSA) is 25.8 Å². The van der Waals surface area contributed by atoms with Gasteiger partial charge < -0.3 is 0 Å². The lowest BCUT2D eigenvalue weighted by Gasteiger charge is -2.09. The monoisotopic (exact) mass is 444 g/mol. The molecule has 0 aliphatic rings. The van der Waals surface area contributed by atoms with Crippen molar-refractivity contribution in [2.24, 2.45) is 0 Å². The van der Waals surface area contributed by atoms with Gasteiger partial charge in [-0.05, 0) is 71.9 Å². The SMILES string of the molecule is CCCCCc1cnc(CCc2ccc3c(F)c(CCc4ccc(F)cc4)ccc3c2)nc1. The second-order valence-corrected chi connectivity index (χ2v) is 8.69. The largest absolute Gasteiger partial charge is 0.241 e. The molecule has 0 atom stereocenters. The minimum Gasteiger partial charge on any atom is -0.241 e. The molecule has 4 aromatic rings. The first-order chi connectivity index (χ1) is 16.1. The van der Waals surface area contributed by atoms with E-state index in [4.69, 9.17) is 0 Å². The second kappa shape index (κ2) is 11.1. The zero-order valence-corrected chi connectivity index (χ0v) is 19.2. The first-order valence-corrected chi connectivity index (χ1v) is 11.9. The zero-order chi connectivity index (χ0) is 23.0. The Hall–Kier alpha value is -3.14. The van der Waals surface area contributed by atoms with E-state index < -0.39 is 0 Å². The second-order valence-electron chi connectivity index (χ2n) is 8.69. The number of nitrogens with zero attached hydrogens (tertiary/aromatic N) is 2. The molecule has 0 spiro atoms. The van der Waals surface area contributed by atoms with Crippen LogP contribution >= 0.6 is 0 Å². The molecule has 2 nitrogen and oxygen atoms in total. The van der Waals surface area contributed by atoms with E-state index in [-0.39, 0.29) is 11.6 Å². The van der Waals surface area contributed by atoms with Crippen LogP contribution in [0.4, 0.5) is 8.78 Å². The molecule has 1 aromatic heterocycles. The Morgan fingerprint density at radius 1 is 0.667 bits per heavy atom. The van der Waals surface area contributed by atoms with Gasteiger partial charge in [0, 0.05) is 24.2 Å². The fourth-order valence-corrected chi connectivity index (χ4v) is 4.14. The van der Waals surface area contributed by atoms with Crippen LogP contribution < -0.4 is 0 Å². The molecule has 0 radical (unpaired) electrons. The van der Waals surface area contributed by atoms with Gasteiger partial charge in [0.25, 0.3) is 0 Å². The normalized spacial score (nSPS) is 11.2. The van der Waals surface area contributed by atoms with Gasteiger partial charge in [0.2, 0.25) is 0 Å². The van der Waals surface area contributed by atoms with Crippen molar-refractivity contribution in [1.82, 2.24) is 9.97 Å². The van der Waals surface area contributed by atoms with E-state index >= 15 is 4.39 Å². The van der Waals surface area contributed by atoms with Crippen LogP contribution in [0.5, 0.6) is 0 Å². The molecule has 0 N–H and O–H groups in total. The van der Waals surface area contributed by atoms with Gasteiger partial charge in [-0.3, -0.25) is 0 Å². The fourth-order valence-electron chi connectivity index (χ4n) is 4.14. The highest BCUT2D eigenvalue weighted by Crippen LogP contribution is 2.24. The molecule has 33 heavy (non-hydrogen) atoms. The number of fused-ring (bicyclic) bond motifs is 1. The molecule has 4 heteroatoms. The average Bonchev–Trinajstić information content (AvgIpc) is 2.84. The highest BCUT2D eigenvalue weighted by Gasteiger charge is 2.09. The van der Waals surface area contributed by atoms with Crippen molar-refractivity contribution in [2.45, 2.75) is 58.3 Å². The van der Waals surface area contributed by atoms with Crippen LogP contribution in [0, 0.1) is 11.6 Å². The quantitative estimate of drug-likeness (QED) is 0.242. The third-order valence-corrected chi connectivity index (χ3v) is 6.16. The molecule has 0 aliphatic carbocycles. The summed E-state index contributed by atoms with van der Waals surface area (Å²) in [6.45, 7) is 2.20. The van der Waals surface area contributed by atoms with Crippen LogP contribution in [-0.4, -0.2) is 9.97 Å². The van der Waals surface area contributed by atoms with E-state index in [0.717, 1.165) is 41.6 Å². The average molecular weight is 445 g/mol. The number of hydrogen-bond acceptors (Lipinski definition) is 2. The lowest BCUT2D eigenvalue weighted by molar-refractivity contribution is 0.619. The number of benzene rings is 3. The van der Waals surface area contributed by atoms with Gasteiger partial charge in [-0.25, -0.2) is 18.7 Å². The third kappa shape index (κ3) is 6.22. The van der Waals surface area contributed by atoms with Gasteiger partial charge in [-0.2, -0.15) is 0 Å². The summed E-state index contributed by atoms with van der Waals surface area (Å²) in [5, 5.41) is 1.55. The van der Waals surface area contributed by atoms with E-state index in [2.05, 4.69) is 23.0 Å². The van der Waals surface area contributed by atoms with E-state index in [0.29, 0.717) is 23.8 Å². The molecular weight excluding hydrogens is 414 g/mol. The Labute approximate surface area is 194 Å². The fraction of sp³-hybridized carbons (Fsp3) is 0.310. The summed E-state index contributed by atoms with van der Waals surface area (Å²) in [6, 6.07) is 16.2. The summed E-state index contributed by atoms with van der Waals surface area (Å²) in [6.07, 6.45) is 11.4. The van der Waals surface area contributed by atoms with Gasteiger partial charge in [-0.15, -0.1) is 0 Å². The smallest absolute Gasteiger partial charge is 0.134 e. The predicted molar refractivity (Wildman–Crippen MR) is 130 cm³/mol. The highest BCUT2D eigenvalue weighted by molar-refractivity contribution is 5.84. The summed E-state index contributed by atoms with van der Waals surface area (Å²) >= 11 is 0. The van der Waals surface area contributed by atoms with Crippen LogP contribution in [0.25, 0.3) is 10.8 Å². The molecule has 0 saturated heterocycles. The Balaban J connectivity index is 1.37. The maximum atomic E-state index is 15.1. The Bertz CT molecular complexity index is 1180. The molecular formula is C29H30F2N2. The van der Waals surface area contributed by atoms with Crippen molar-refractivity contribution in [2.75, 3.05) is 0 Å². The minimum atomic E-state index is -0.252. The van der Waals surface area contributed by atoms with Crippen molar-refractivity contribution in [3.05, 3.63) is 107 Å². The molecule has 3 aromatic carbocycles. The van der Waals surface area contributed by atoms with Gasteiger partial charge in [-0.1, -0.05) is 62.2 Å². The Kier molecular flexibility index (Phi) is 7.77. The maximum absolute atomic E-state index is 15.1. The Morgan fingerprint density at radius 2 is 1.39 bits per heavy atom. The van der Waals surface area contributed by atoms with Crippen LogP contribution in [0.15, 0.2) is 67.0 Å². The summed E-state index contributed by atoms with van der Waals surface area (Å²) in [4.78, 5) is 9.04. The minimum absolute atomic E-state index is 0.164. The van der Waals surface area contributed by atoms with E-state index in [1.807, 2.05) is 36.7 Å². The van der Waals surface area contributed by atoms with Crippen molar-refractivity contribution < 1.29 is 8.78 Å². The third-order valence-electron chi connectivity index (χ3n) is 6.16. The van der Waals surface area contributed by atoms with Crippen LogP contribution in [0.3, 0.4) is 0 Å². The molecule has 1 heterocycles. The molecule has 0 unspecified atom stereocenters. The lowest BCUT2D eigenvalue weighted by Crippen LogP contribution is -2.00. The van der Waals surface area contributed by atoms with Gasteiger partial charge in [0.15, 0.2) is 0 Å². The number of halogens is 2. The number of hydrogen-bond donors (Lipinski definition) is 0. The van der Waals surface area contributed by atoms with Crippen molar-refractivity contribution in [3.63, 3.8) is 0 Å². The van der Waals surface area contributed by atoms with E-state index in [9.17, 15) is 4.39 Å². The van der Waals surface area contributed by atoms with Crippen LogP contribution in [0.2, 0.25) is 0 Å².